The molecule has 94 valence electrons. The van der Waals surface area contributed by atoms with Gasteiger partial charge < -0.3 is 5.73 Å². The van der Waals surface area contributed by atoms with Crippen molar-refractivity contribution >= 4 is 6.03 Å². The Morgan fingerprint density at radius 1 is 1.35 bits per heavy atom. The van der Waals surface area contributed by atoms with Crippen LogP contribution in [0.2, 0.25) is 0 Å². The van der Waals surface area contributed by atoms with Crippen LogP contribution in [-0.2, 0) is 0 Å². The average Bonchev–Trinajstić information content (AvgIpc) is 2.81. The van der Waals surface area contributed by atoms with Crippen molar-refractivity contribution in [1.29, 1.82) is 0 Å². The van der Waals surface area contributed by atoms with E-state index in [1.165, 1.54) is 0 Å². The molecule has 1 aliphatic rings. The minimum Gasteiger partial charge on any atom is -0.350 e. The normalized spacial score (nSPS) is 13.2. The van der Waals surface area contributed by atoms with Crippen molar-refractivity contribution in [2.75, 3.05) is 6.54 Å². The van der Waals surface area contributed by atoms with Gasteiger partial charge in [0.25, 0.3) is 0 Å². The molecular formula is C13H20N2O2. The van der Waals surface area contributed by atoms with E-state index in [0.29, 0.717) is 5.06 Å². The first-order chi connectivity index (χ1) is 8.15. The third-order valence-corrected chi connectivity index (χ3v) is 2.75. The van der Waals surface area contributed by atoms with E-state index in [4.69, 9.17) is 5.73 Å². The van der Waals surface area contributed by atoms with Gasteiger partial charge in [0.2, 0.25) is 0 Å². The van der Waals surface area contributed by atoms with Gasteiger partial charge >= 0.3 is 6.03 Å². The fourth-order valence-electron chi connectivity index (χ4n) is 1.77. The number of urea groups is 1. The van der Waals surface area contributed by atoms with Crippen molar-refractivity contribution in [1.82, 2.24) is 5.06 Å². The van der Waals surface area contributed by atoms with E-state index in [9.17, 15) is 10.0 Å². The van der Waals surface area contributed by atoms with E-state index in [1.54, 1.807) is 0 Å². The van der Waals surface area contributed by atoms with Crippen LogP contribution < -0.4 is 5.73 Å². The SMILES string of the molecule is CCCCCC(CN(O)C(N)=O)=C1C=CC=C1. The Bertz CT molecular complexity index is 342. The molecule has 0 aromatic heterocycles. The van der Waals surface area contributed by atoms with E-state index < -0.39 is 6.03 Å². The van der Waals surface area contributed by atoms with Gasteiger partial charge in [-0.05, 0) is 24.0 Å². The molecule has 4 heteroatoms. The highest BCUT2D eigenvalue weighted by molar-refractivity contribution is 5.71. The summed E-state index contributed by atoms with van der Waals surface area (Å²) in [6.45, 7) is 2.33. The van der Waals surface area contributed by atoms with Gasteiger partial charge in [-0.2, -0.15) is 0 Å². The third-order valence-electron chi connectivity index (χ3n) is 2.75. The molecule has 0 aliphatic heterocycles. The summed E-state index contributed by atoms with van der Waals surface area (Å²) < 4.78 is 0. The van der Waals surface area contributed by atoms with E-state index in [-0.39, 0.29) is 6.54 Å². The van der Waals surface area contributed by atoms with Crippen LogP contribution in [0.25, 0.3) is 0 Å². The van der Waals surface area contributed by atoms with Crippen molar-refractivity contribution in [3.05, 3.63) is 35.5 Å². The number of hydrogen-bond donors (Lipinski definition) is 2. The fraction of sp³-hybridized carbons (Fsp3) is 0.462. The topological polar surface area (TPSA) is 66.6 Å². The van der Waals surface area contributed by atoms with Gasteiger partial charge in [-0.1, -0.05) is 44.1 Å². The molecule has 0 saturated carbocycles. The van der Waals surface area contributed by atoms with Crippen molar-refractivity contribution < 1.29 is 10.0 Å². The summed E-state index contributed by atoms with van der Waals surface area (Å²) in [5, 5.41) is 9.95. The Hall–Kier alpha value is -1.55. The monoisotopic (exact) mass is 236 g/mol. The maximum Gasteiger partial charge on any atom is 0.338 e. The summed E-state index contributed by atoms with van der Waals surface area (Å²) in [6.07, 6.45) is 12.1. The first kappa shape index (κ1) is 13.5. The van der Waals surface area contributed by atoms with Gasteiger partial charge in [-0.3, -0.25) is 5.21 Å². The summed E-state index contributed by atoms with van der Waals surface area (Å²) in [4.78, 5) is 10.8. The van der Waals surface area contributed by atoms with Crippen LogP contribution >= 0.6 is 0 Å². The highest BCUT2D eigenvalue weighted by Gasteiger charge is 2.11. The molecule has 4 nitrogen and oxygen atoms in total. The van der Waals surface area contributed by atoms with Gasteiger partial charge in [0.05, 0.1) is 6.54 Å². The smallest absolute Gasteiger partial charge is 0.338 e. The number of allylic oxidation sites excluding steroid dienone is 5. The van der Waals surface area contributed by atoms with Gasteiger partial charge in [-0.25, -0.2) is 9.86 Å². The van der Waals surface area contributed by atoms with Gasteiger partial charge in [0.15, 0.2) is 0 Å². The molecule has 1 aliphatic carbocycles. The number of hydrogen-bond acceptors (Lipinski definition) is 2. The summed E-state index contributed by atoms with van der Waals surface area (Å²) in [5.41, 5.74) is 7.13. The van der Waals surface area contributed by atoms with Crippen molar-refractivity contribution in [2.24, 2.45) is 5.73 Å². The zero-order valence-electron chi connectivity index (χ0n) is 10.2. The average molecular weight is 236 g/mol. The minimum atomic E-state index is -0.815. The summed E-state index contributed by atoms with van der Waals surface area (Å²) in [6, 6.07) is -0.815. The number of amides is 2. The van der Waals surface area contributed by atoms with E-state index in [0.717, 1.165) is 36.8 Å². The lowest BCUT2D eigenvalue weighted by Gasteiger charge is -2.16. The summed E-state index contributed by atoms with van der Waals surface area (Å²) in [7, 11) is 0. The molecular weight excluding hydrogens is 216 g/mol. The lowest BCUT2D eigenvalue weighted by atomic mass is 10.0. The van der Waals surface area contributed by atoms with Gasteiger partial charge in [0, 0.05) is 0 Å². The Balaban J connectivity index is 2.66. The lowest BCUT2D eigenvalue weighted by molar-refractivity contribution is -0.0316. The number of primary amides is 1. The molecule has 0 spiro atoms. The number of rotatable bonds is 6. The second-order valence-electron chi connectivity index (χ2n) is 4.13. The Kier molecular flexibility index (Phi) is 5.49. The highest BCUT2D eigenvalue weighted by Crippen LogP contribution is 2.19. The maximum absolute atomic E-state index is 10.8. The van der Waals surface area contributed by atoms with Gasteiger partial charge in [0.1, 0.15) is 0 Å². The third kappa shape index (κ3) is 4.44. The molecule has 0 unspecified atom stereocenters. The van der Waals surface area contributed by atoms with E-state index in [2.05, 4.69) is 6.92 Å². The standard InChI is InChI=1S/C13H20N2O2/c1-2-3-4-9-12(10-15(17)13(14)16)11-7-5-6-8-11/h5-8,17H,2-4,9-10H2,1H3,(H2,14,16). The lowest BCUT2D eigenvalue weighted by Crippen LogP contribution is -2.34. The summed E-state index contributed by atoms with van der Waals surface area (Å²) in [5.74, 6) is 0. The molecule has 1 rings (SSSR count). The molecule has 2 amide bonds. The molecule has 0 bridgehead atoms. The zero-order chi connectivity index (χ0) is 12.7. The number of hydroxylamine groups is 2. The van der Waals surface area contributed by atoms with E-state index in [1.807, 2.05) is 24.3 Å². The van der Waals surface area contributed by atoms with Crippen LogP contribution in [0.1, 0.15) is 32.6 Å². The number of carbonyl (C=O) groups excluding carboxylic acids is 1. The van der Waals surface area contributed by atoms with Crippen molar-refractivity contribution in [3.63, 3.8) is 0 Å². The quantitative estimate of drug-likeness (QED) is 0.423. The predicted molar refractivity (Wildman–Crippen MR) is 67.5 cm³/mol. The van der Waals surface area contributed by atoms with Crippen LogP contribution in [0.5, 0.6) is 0 Å². The molecule has 0 atom stereocenters. The fourth-order valence-corrected chi connectivity index (χ4v) is 1.77. The molecule has 0 aromatic rings. The first-order valence-corrected chi connectivity index (χ1v) is 5.97. The molecule has 0 saturated heterocycles. The molecule has 0 radical (unpaired) electrons. The summed E-state index contributed by atoms with van der Waals surface area (Å²) >= 11 is 0. The van der Waals surface area contributed by atoms with Gasteiger partial charge in [-0.15, -0.1) is 0 Å². The van der Waals surface area contributed by atoms with Crippen molar-refractivity contribution in [3.8, 4) is 0 Å². The highest BCUT2D eigenvalue weighted by atomic mass is 16.5. The van der Waals surface area contributed by atoms with Crippen LogP contribution in [0.4, 0.5) is 4.79 Å². The van der Waals surface area contributed by atoms with Crippen LogP contribution in [-0.4, -0.2) is 22.8 Å². The molecule has 3 N–H and O–H groups in total. The number of unbranched alkanes of at least 4 members (excludes halogenated alkanes) is 2. The van der Waals surface area contributed by atoms with Crippen LogP contribution in [0, 0.1) is 0 Å². The Morgan fingerprint density at radius 3 is 2.53 bits per heavy atom. The largest absolute Gasteiger partial charge is 0.350 e. The Labute approximate surface area is 102 Å². The number of carbonyl (C=O) groups is 1. The second kappa shape index (κ2) is 6.91. The number of nitrogens with two attached hydrogens (primary N) is 1. The van der Waals surface area contributed by atoms with E-state index >= 15 is 0 Å². The van der Waals surface area contributed by atoms with Crippen LogP contribution in [0.3, 0.4) is 0 Å². The molecule has 17 heavy (non-hydrogen) atoms. The molecule has 0 fully saturated rings. The van der Waals surface area contributed by atoms with Crippen LogP contribution in [0.15, 0.2) is 35.5 Å². The predicted octanol–water partition coefficient (Wildman–Crippen LogP) is 2.76. The number of nitrogens with zero attached hydrogens (tertiary/aromatic N) is 1. The first-order valence-electron chi connectivity index (χ1n) is 5.97. The zero-order valence-corrected chi connectivity index (χ0v) is 10.2. The maximum atomic E-state index is 10.8. The molecule has 0 aromatic carbocycles. The molecule has 0 heterocycles. The minimum absolute atomic E-state index is 0.184. The second-order valence-corrected chi connectivity index (χ2v) is 4.13. The van der Waals surface area contributed by atoms with Crippen molar-refractivity contribution in [2.45, 2.75) is 32.6 Å². The Morgan fingerprint density at radius 2 is 2.00 bits per heavy atom.